The van der Waals surface area contributed by atoms with E-state index >= 15 is 0 Å². The molecule has 250 valence electrons. The first kappa shape index (κ1) is 31.6. The van der Waals surface area contributed by atoms with Crippen LogP contribution >= 0.6 is 0 Å². The number of methoxy groups -OCH3 is 1. The minimum Gasteiger partial charge on any atom is -0.496 e. The van der Waals surface area contributed by atoms with E-state index in [9.17, 15) is 35.6 Å². The summed E-state index contributed by atoms with van der Waals surface area (Å²) in [5, 5.41) is 9.79. The van der Waals surface area contributed by atoms with Gasteiger partial charge < -0.3 is 20.2 Å². The fraction of sp³-hybridized carbons (Fsp3) is 0.485. The van der Waals surface area contributed by atoms with Gasteiger partial charge in [-0.2, -0.15) is 13.2 Å². The van der Waals surface area contributed by atoms with Crippen LogP contribution in [0.4, 0.5) is 23.2 Å². The van der Waals surface area contributed by atoms with Crippen molar-refractivity contribution in [1.29, 1.82) is 0 Å². The van der Waals surface area contributed by atoms with E-state index in [-0.39, 0.29) is 46.9 Å². The highest BCUT2D eigenvalue weighted by molar-refractivity contribution is 7.91. The molecule has 2 aromatic rings. The number of hydrogen-bond acceptors (Lipinski definition) is 7. The second-order valence-corrected chi connectivity index (χ2v) is 15.3. The van der Waals surface area contributed by atoms with E-state index in [0.29, 0.717) is 35.1 Å². The van der Waals surface area contributed by atoms with Crippen molar-refractivity contribution >= 4 is 33.1 Å². The van der Waals surface area contributed by atoms with Crippen molar-refractivity contribution in [3.8, 4) is 5.75 Å². The molecule has 47 heavy (non-hydrogen) atoms. The number of amides is 2. The van der Waals surface area contributed by atoms with Gasteiger partial charge in [-0.3, -0.25) is 9.59 Å². The van der Waals surface area contributed by atoms with E-state index in [2.05, 4.69) is 21.9 Å². The second-order valence-electron chi connectivity index (χ2n) is 13.1. The van der Waals surface area contributed by atoms with Crippen molar-refractivity contribution in [1.82, 2.24) is 5.32 Å². The van der Waals surface area contributed by atoms with Crippen molar-refractivity contribution in [2.45, 2.75) is 50.4 Å². The molecule has 2 N–H and O–H groups in total. The van der Waals surface area contributed by atoms with Crippen molar-refractivity contribution in [3.63, 3.8) is 0 Å². The van der Waals surface area contributed by atoms with Gasteiger partial charge in [-0.15, -0.1) is 0 Å². The molecule has 2 unspecified atom stereocenters. The molecule has 2 bridgehead atoms. The zero-order valence-electron chi connectivity index (χ0n) is 25.3. The molecule has 2 aromatic carbocycles. The summed E-state index contributed by atoms with van der Waals surface area (Å²) in [7, 11) is -1.84. The lowest BCUT2D eigenvalue weighted by atomic mass is 9.81. The number of oxime groups is 1. The summed E-state index contributed by atoms with van der Waals surface area (Å²) >= 11 is 0. The predicted octanol–water partition coefficient (Wildman–Crippen LogP) is 5.12. The third-order valence-corrected chi connectivity index (χ3v) is 11.8. The summed E-state index contributed by atoms with van der Waals surface area (Å²) in [5.41, 5.74) is 0.776. The summed E-state index contributed by atoms with van der Waals surface area (Å²) in [5.74, 6) is -2.60. The molecule has 0 aromatic heterocycles. The Balaban J connectivity index is 1.13. The van der Waals surface area contributed by atoms with Crippen LogP contribution < -0.4 is 15.4 Å². The number of benzene rings is 2. The molecule has 5 aliphatic rings. The Morgan fingerprint density at radius 2 is 1.81 bits per heavy atom. The van der Waals surface area contributed by atoms with Gasteiger partial charge in [-0.25, -0.2) is 12.8 Å². The number of hydrogen-bond donors (Lipinski definition) is 2. The molecule has 14 heteroatoms. The van der Waals surface area contributed by atoms with Gasteiger partial charge in [0.05, 0.1) is 41.4 Å². The number of rotatable bonds is 8. The number of anilines is 1. The first-order valence-electron chi connectivity index (χ1n) is 15.6. The quantitative estimate of drug-likeness (QED) is 0.296. The third-order valence-electron chi connectivity index (χ3n) is 10.1. The van der Waals surface area contributed by atoms with E-state index in [1.54, 1.807) is 18.2 Å². The van der Waals surface area contributed by atoms with Gasteiger partial charge in [0.2, 0.25) is 5.91 Å². The maximum atomic E-state index is 14.0. The Morgan fingerprint density at radius 3 is 2.53 bits per heavy atom. The Hall–Kier alpha value is -3.94. The molecule has 0 radical (unpaired) electrons. The van der Waals surface area contributed by atoms with Gasteiger partial charge in [0.25, 0.3) is 5.91 Å². The topological polar surface area (TPSA) is 123 Å². The number of alkyl halides is 3. The van der Waals surface area contributed by atoms with Crippen LogP contribution in [0.25, 0.3) is 0 Å². The van der Waals surface area contributed by atoms with Crippen molar-refractivity contribution in [2.75, 3.05) is 23.9 Å². The summed E-state index contributed by atoms with van der Waals surface area (Å²) in [6.07, 6.45) is 0.530. The van der Waals surface area contributed by atoms with Gasteiger partial charge in [-0.05, 0) is 79.8 Å². The predicted molar refractivity (Wildman–Crippen MR) is 163 cm³/mol. The first-order chi connectivity index (χ1) is 22.3. The molecular weight excluding hydrogens is 642 g/mol. The van der Waals surface area contributed by atoms with E-state index in [4.69, 9.17) is 9.57 Å². The molecule has 4 fully saturated rings. The van der Waals surface area contributed by atoms with Gasteiger partial charge in [0.1, 0.15) is 11.6 Å². The maximum absolute atomic E-state index is 14.0. The SMILES string of the molecule is COc1ccc(C2=NOC3CS(=O)(=O)CC23)cc1C(=O)N[C@@H]1[C@@H](CC(=O)Nc2ccc(F)c(C(F)(F)F)c2)[C@H]2CC[C@@H]1/C2=C\C1CC1. The van der Waals surface area contributed by atoms with Crippen molar-refractivity contribution < 1.29 is 45.1 Å². The Labute approximate surface area is 268 Å². The fourth-order valence-corrected chi connectivity index (χ4v) is 9.63. The highest BCUT2D eigenvalue weighted by Gasteiger charge is 2.53. The minimum atomic E-state index is -4.92. The van der Waals surface area contributed by atoms with Crippen LogP contribution in [0, 0.1) is 35.4 Å². The summed E-state index contributed by atoms with van der Waals surface area (Å²) in [4.78, 5) is 32.6. The Kier molecular flexibility index (Phi) is 7.84. The highest BCUT2D eigenvalue weighted by atomic mass is 32.2. The van der Waals surface area contributed by atoms with E-state index in [1.807, 2.05) is 0 Å². The summed E-state index contributed by atoms with van der Waals surface area (Å²) < 4.78 is 83.6. The number of allylic oxidation sites excluding steroid dienone is 1. The number of carbonyl (C=O) groups excluding carboxylic acids is 2. The number of halogens is 4. The lowest BCUT2D eigenvalue weighted by Gasteiger charge is -2.31. The number of fused-ring (bicyclic) bond motifs is 3. The highest BCUT2D eigenvalue weighted by Crippen LogP contribution is 2.55. The van der Waals surface area contributed by atoms with Crippen LogP contribution in [0.2, 0.25) is 0 Å². The van der Waals surface area contributed by atoms with Crippen molar-refractivity contribution in [3.05, 3.63) is 70.6 Å². The number of nitrogens with one attached hydrogen (secondary N) is 2. The van der Waals surface area contributed by atoms with E-state index in [1.165, 1.54) is 12.7 Å². The largest absolute Gasteiger partial charge is 0.496 e. The number of nitrogens with zero attached hydrogens (tertiary/aromatic N) is 1. The first-order valence-corrected chi connectivity index (χ1v) is 17.4. The van der Waals surface area contributed by atoms with Gasteiger partial charge in [-0.1, -0.05) is 16.8 Å². The number of ether oxygens (including phenoxy) is 1. The second kappa shape index (κ2) is 11.6. The average Bonchev–Trinajstić information content (AvgIpc) is 3.39. The molecular formula is C33H33F4N3O6S. The fourth-order valence-electron chi connectivity index (χ4n) is 7.78. The van der Waals surface area contributed by atoms with Gasteiger partial charge in [0, 0.05) is 29.6 Å². The minimum absolute atomic E-state index is 0.00348. The molecule has 2 heterocycles. The number of sulfone groups is 1. The van der Waals surface area contributed by atoms with Crippen LogP contribution in [0.5, 0.6) is 5.75 Å². The van der Waals surface area contributed by atoms with Crippen LogP contribution in [-0.2, 0) is 25.6 Å². The van der Waals surface area contributed by atoms with Crippen LogP contribution in [-0.4, -0.2) is 56.7 Å². The zero-order valence-corrected chi connectivity index (χ0v) is 26.2. The van der Waals surface area contributed by atoms with Crippen LogP contribution in [0.1, 0.15) is 53.6 Å². The standard InChI is InChI=1S/C33H33F4N3O6S/c1-45-27-9-4-17(30-24-14-47(43,44)15-28(24)46-40-30)11-23(27)32(42)39-31-20-7-6-19(21(20)10-16-2-3-16)22(31)13-29(41)38-18-5-8-26(34)25(12-18)33(35,36)37/h4-5,8-12,16,19-20,22,24,28,31H,2-3,6-7,13-15H2,1H3,(H,38,41)(H,39,42)/b21-10-/t19-,20+,22-,24?,28?,31-/m0/s1. The van der Waals surface area contributed by atoms with Crippen LogP contribution in [0.3, 0.4) is 0 Å². The lowest BCUT2D eigenvalue weighted by molar-refractivity contribution is -0.140. The zero-order chi connectivity index (χ0) is 33.2. The normalized spacial score (nSPS) is 29.7. The summed E-state index contributed by atoms with van der Waals surface area (Å²) in [6, 6.07) is 6.83. The van der Waals surface area contributed by atoms with Gasteiger partial charge >= 0.3 is 6.18 Å². The van der Waals surface area contributed by atoms with E-state index in [0.717, 1.165) is 31.7 Å². The van der Waals surface area contributed by atoms with Crippen molar-refractivity contribution in [2.24, 2.45) is 34.7 Å². The molecule has 2 aliphatic heterocycles. The molecule has 6 atom stereocenters. The third kappa shape index (κ3) is 6.12. The summed E-state index contributed by atoms with van der Waals surface area (Å²) in [6.45, 7) is 0. The average molecular weight is 676 g/mol. The van der Waals surface area contributed by atoms with E-state index < -0.39 is 57.3 Å². The Bertz CT molecular complexity index is 1810. The monoisotopic (exact) mass is 675 g/mol. The molecule has 9 nitrogen and oxygen atoms in total. The maximum Gasteiger partial charge on any atom is 0.419 e. The molecule has 1 saturated heterocycles. The molecule has 3 saturated carbocycles. The number of carbonyl (C=O) groups is 2. The molecule has 2 amide bonds. The molecule has 0 spiro atoms. The molecule has 3 aliphatic carbocycles. The smallest absolute Gasteiger partial charge is 0.419 e. The van der Waals surface area contributed by atoms with Crippen LogP contribution in [0.15, 0.2) is 53.2 Å². The Morgan fingerprint density at radius 1 is 1.04 bits per heavy atom. The lowest BCUT2D eigenvalue weighted by Crippen LogP contribution is -2.45. The molecule has 7 rings (SSSR count). The van der Waals surface area contributed by atoms with Gasteiger partial charge in [0.15, 0.2) is 15.9 Å².